The number of nitrogens with two attached hydrogens (primary N) is 1. The number of H-pyrrole nitrogens is 1. The molecule has 0 aliphatic carbocycles. The maximum Gasteiger partial charge on any atom is 0.271 e. The van der Waals surface area contributed by atoms with Crippen LogP contribution < -0.4 is 10.5 Å². The SMILES string of the molecule is Cc1[nH]nc(C(N)=O)c1NS(=O)(=O)c1cccc(C#N)c1. The molecule has 0 fully saturated rings. The molecule has 1 amide bonds. The Kier molecular flexibility index (Phi) is 3.64. The van der Waals surface area contributed by atoms with E-state index < -0.39 is 15.9 Å². The second-order valence-corrected chi connectivity index (χ2v) is 5.86. The van der Waals surface area contributed by atoms with E-state index in [0.717, 1.165) is 0 Å². The average Bonchev–Trinajstić information content (AvgIpc) is 2.80. The summed E-state index contributed by atoms with van der Waals surface area (Å²) in [6.07, 6.45) is 0. The van der Waals surface area contributed by atoms with Gasteiger partial charge in [0.25, 0.3) is 15.9 Å². The van der Waals surface area contributed by atoms with Gasteiger partial charge >= 0.3 is 0 Å². The highest BCUT2D eigenvalue weighted by atomic mass is 32.2. The van der Waals surface area contributed by atoms with Crippen LogP contribution in [-0.4, -0.2) is 24.5 Å². The van der Waals surface area contributed by atoms with Crippen LogP contribution >= 0.6 is 0 Å². The van der Waals surface area contributed by atoms with Crippen LogP contribution in [0.4, 0.5) is 5.69 Å². The molecule has 0 aliphatic rings. The molecule has 9 heteroatoms. The lowest BCUT2D eigenvalue weighted by Gasteiger charge is -2.08. The Hall–Kier alpha value is -2.86. The first-order valence-electron chi connectivity index (χ1n) is 5.73. The van der Waals surface area contributed by atoms with Gasteiger partial charge in [0.2, 0.25) is 0 Å². The zero-order valence-electron chi connectivity index (χ0n) is 10.9. The van der Waals surface area contributed by atoms with E-state index in [0.29, 0.717) is 5.69 Å². The summed E-state index contributed by atoms with van der Waals surface area (Å²) in [6.45, 7) is 1.54. The van der Waals surface area contributed by atoms with Crippen molar-refractivity contribution >= 4 is 21.6 Å². The summed E-state index contributed by atoms with van der Waals surface area (Å²) in [5, 5.41) is 14.9. The van der Waals surface area contributed by atoms with Crippen LogP contribution in [0.15, 0.2) is 29.2 Å². The number of rotatable bonds is 4. The second-order valence-electron chi connectivity index (χ2n) is 4.18. The van der Waals surface area contributed by atoms with Crippen molar-refractivity contribution in [3.63, 3.8) is 0 Å². The van der Waals surface area contributed by atoms with E-state index in [9.17, 15) is 13.2 Å². The number of nitrogens with one attached hydrogen (secondary N) is 2. The number of aromatic amines is 1. The first-order chi connectivity index (χ1) is 9.85. The summed E-state index contributed by atoms with van der Waals surface area (Å²) in [4.78, 5) is 11.1. The quantitative estimate of drug-likeness (QED) is 0.753. The lowest BCUT2D eigenvalue weighted by Crippen LogP contribution is -2.18. The van der Waals surface area contributed by atoms with Crippen molar-refractivity contribution in [2.24, 2.45) is 5.73 Å². The predicted octanol–water partition coefficient (Wildman–Crippen LogP) is 0.489. The second kappa shape index (κ2) is 5.26. The molecule has 1 aromatic heterocycles. The maximum absolute atomic E-state index is 12.3. The fraction of sp³-hybridized carbons (Fsp3) is 0.0833. The molecular weight excluding hydrogens is 294 g/mol. The molecule has 1 heterocycles. The van der Waals surface area contributed by atoms with Crippen molar-refractivity contribution < 1.29 is 13.2 Å². The van der Waals surface area contributed by atoms with Crippen LogP contribution in [0.1, 0.15) is 21.7 Å². The van der Waals surface area contributed by atoms with Crippen LogP contribution in [-0.2, 0) is 10.0 Å². The van der Waals surface area contributed by atoms with E-state index in [1.807, 2.05) is 6.07 Å². The monoisotopic (exact) mass is 305 g/mol. The first kappa shape index (κ1) is 14.5. The van der Waals surface area contributed by atoms with Crippen LogP contribution in [0.3, 0.4) is 0 Å². The molecular formula is C12H11N5O3S. The molecule has 0 saturated carbocycles. The van der Waals surface area contributed by atoms with Gasteiger partial charge in [0.05, 0.1) is 22.2 Å². The van der Waals surface area contributed by atoms with E-state index in [1.54, 1.807) is 6.92 Å². The summed E-state index contributed by atoms with van der Waals surface area (Å²) >= 11 is 0. The van der Waals surface area contributed by atoms with Crippen LogP contribution in [0.5, 0.6) is 0 Å². The molecule has 0 spiro atoms. The number of nitrogens with zero attached hydrogens (tertiary/aromatic N) is 2. The molecule has 0 unspecified atom stereocenters. The van der Waals surface area contributed by atoms with Crippen molar-refractivity contribution in [2.75, 3.05) is 4.72 Å². The predicted molar refractivity (Wildman–Crippen MR) is 73.8 cm³/mol. The number of carbonyl (C=O) groups excluding carboxylic acids is 1. The summed E-state index contributed by atoms with van der Waals surface area (Å²) in [7, 11) is -3.96. The number of carbonyl (C=O) groups is 1. The van der Waals surface area contributed by atoms with Crippen LogP contribution in [0.2, 0.25) is 0 Å². The highest BCUT2D eigenvalue weighted by Gasteiger charge is 2.22. The molecule has 8 nitrogen and oxygen atoms in total. The summed E-state index contributed by atoms with van der Waals surface area (Å²) < 4.78 is 26.8. The zero-order valence-corrected chi connectivity index (χ0v) is 11.7. The minimum atomic E-state index is -3.96. The lowest BCUT2D eigenvalue weighted by atomic mass is 10.2. The van der Waals surface area contributed by atoms with Crippen molar-refractivity contribution in [1.82, 2.24) is 10.2 Å². The smallest absolute Gasteiger partial charge is 0.271 e. The van der Waals surface area contributed by atoms with Gasteiger partial charge in [-0.05, 0) is 25.1 Å². The highest BCUT2D eigenvalue weighted by Crippen LogP contribution is 2.22. The van der Waals surface area contributed by atoms with Crippen molar-refractivity contribution in [2.45, 2.75) is 11.8 Å². The number of hydrogen-bond donors (Lipinski definition) is 3. The number of amides is 1. The van der Waals surface area contributed by atoms with Gasteiger partial charge in [-0.25, -0.2) is 8.42 Å². The van der Waals surface area contributed by atoms with E-state index in [4.69, 9.17) is 11.0 Å². The largest absolute Gasteiger partial charge is 0.364 e. The minimum Gasteiger partial charge on any atom is -0.364 e. The Morgan fingerprint density at radius 1 is 1.48 bits per heavy atom. The standard InChI is InChI=1S/C12H11N5O3S/c1-7-10(11(12(14)18)16-15-7)17-21(19,20)9-4-2-3-8(5-9)6-13/h2-5,17H,1H3,(H2,14,18)(H,15,16). The Bertz CT molecular complexity index is 848. The molecule has 4 N–H and O–H groups in total. The number of aryl methyl sites for hydroxylation is 1. The normalized spacial score (nSPS) is 10.9. The maximum atomic E-state index is 12.3. The van der Waals surface area contributed by atoms with Gasteiger partial charge in [-0.15, -0.1) is 0 Å². The number of sulfonamides is 1. The van der Waals surface area contributed by atoms with E-state index in [2.05, 4.69) is 14.9 Å². The number of primary amides is 1. The Labute approximate surface area is 120 Å². The van der Waals surface area contributed by atoms with Crippen molar-refractivity contribution in [3.8, 4) is 6.07 Å². The third kappa shape index (κ3) is 2.85. The number of hydrogen-bond acceptors (Lipinski definition) is 5. The summed E-state index contributed by atoms with van der Waals surface area (Å²) in [6, 6.07) is 7.35. The van der Waals surface area contributed by atoms with Crippen LogP contribution in [0.25, 0.3) is 0 Å². The average molecular weight is 305 g/mol. The van der Waals surface area contributed by atoms with Gasteiger partial charge in [0.1, 0.15) is 5.69 Å². The van der Waals surface area contributed by atoms with E-state index in [1.165, 1.54) is 24.3 Å². The third-order valence-corrected chi connectivity index (χ3v) is 4.04. The van der Waals surface area contributed by atoms with Crippen molar-refractivity contribution in [1.29, 1.82) is 5.26 Å². The van der Waals surface area contributed by atoms with E-state index >= 15 is 0 Å². The van der Waals surface area contributed by atoms with Gasteiger partial charge in [0, 0.05) is 0 Å². The van der Waals surface area contributed by atoms with E-state index in [-0.39, 0.29) is 21.8 Å². The molecule has 0 atom stereocenters. The molecule has 108 valence electrons. The van der Waals surface area contributed by atoms with Crippen molar-refractivity contribution in [3.05, 3.63) is 41.2 Å². The van der Waals surface area contributed by atoms with Gasteiger partial charge in [-0.3, -0.25) is 14.6 Å². The molecule has 21 heavy (non-hydrogen) atoms. The Morgan fingerprint density at radius 2 is 2.19 bits per heavy atom. The van der Waals surface area contributed by atoms with Gasteiger partial charge in [0.15, 0.2) is 5.69 Å². The fourth-order valence-electron chi connectivity index (χ4n) is 1.66. The number of benzene rings is 1. The number of aromatic nitrogens is 2. The first-order valence-corrected chi connectivity index (χ1v) is 7.21. The Balaban J connectivity index is 2.45. The third-order valence-electron chi connectivity index (χ3n) is 2.69. The summed E-state index contributed by atoms with van der Waals surface area (Å²) in [5.41, 5.74) is 5.48. The zero-order chi connectivity index (χ0) is 15.6. The molecule has 2 rings (SSSR count). The summed E-state index contributed by atoms with van der Waals surface area (Å²) in [5.74, 6) is -0.858. The lowest BCUT2D eigenvalue weighted by molar-refractivity contribution is 0.0996. The van der Waals surface area contributed by atoms with Crippen LogP contribution in [0, 0.1) is 18.3 Å². The Morgan fingerprint density at radius 3 is 2.81 bits per heavy atom. The minimum absolute atomic E-state index is 0.00939. The van der Waals surface area contributed by atoms with Gasteiger partial charge in [-0.2, -0.15) is 10.4 Å². The molecule has 0 radical (unpaired) electrons. The molecule has 0 saturated heterocycles. The molecule has 0 bridgehead atoms. The number of nitriles is 1. The molecule has 1 aromatic carbocycles. The van der Waals surface area contributed by atoms with Gasteiger partial charge in [-0.1, -0.05) is 6.07 Å². The molecule has 2 aromatic rings. The van der Waals surface area contributed by atoms with Gasteiger partial charge < -0.3 is 5.73 Å². The topological polar surface area (TPSA) is 142 Å². The fourth-order valence-corrected chi connectivity index (χ4v) is 2.83. The highest BCUT2D eigenvalue weighted by molar-refractivity contribution is 7.92. The molecule has 0 aliphatic heterocycles. The number of anilines is 1.